The van der Waals surface area contributed by atoms with Gasteiger partial charge in [0.1, 0.15) is 0 Å². The number of rotatable bonds is 4. The predicted octanol–water partition coefficient (Wildman–Crippen LogP) is -1.49. The molecule has 1 heterocycles. The summed E-state index contributed by atoms with van der Waals surface area (Å²) in [5, 5.41) is 17.7. The van der Waals surface area contributed by atoms with E-state index in [-0.39, 0.29) is 13.1 Å². The molecule has 0 unspecified atom stereocenters. The van der Waals surface area contributed by atoms with Crippen molar-refractivity contribution >= 4 is 22.1 Å². The molecule has 2 N–H and O–H groups in total. The van der Waals surface area contributed by atoms with Gasteiger partial charge in [0.05, 0.1) is 11.8 Å². The highest BCUT2D eigenvalue weighted by atomic mass is 32.2. The summed E-state index contributed by atoms with van der Waals surface area (Å²) in [6, 6.07) is 0. The van der Waals surface area contributed by atoms with Gasteiger partial charge in [0, 0.05) is 27.2 Å². The second-order valence-electron chi connectivity index (χ2n) is 4.00. The van der Waals surface area contributed by atoms with Crippen LogP contribution >= 0.6 is 0 Å². The SMILES string of the molecule is CN(C)S(=O)(=O)N1C[C@H](C(=O)O)[C@@H](C(=O)O)C1. The molecule has 1 rings (SSSR count). The van der Waals surface area contributed by atoms with Gasteiger partial charge in [-0.15, -0.1) is 0 Å². The van der Waals surface area contributed by atoms with Crippen molar-refractivity contribution in [3.63, 3.8) is 0 Å². The molecule has 0 aromatic heterocycles. The number of carbonyl (C=O) groups is 2. The third-order valence-electron chi connectivity index (χ3n) is 2.71. The first-order valence-corrected chi connectivity index (χ1v) is 6.20. The van der Waals surface area contributed by atoms with E-state index in [0.717, 1.165) is 8.61 Å². The van der Waals surface area contributed by atoms with Crippen molar-refractivity contribution in [2.75, 3.05) is 27.2 Å². The van der Waals surface area contributed by atoms with E-state index in [1.165, 1.54) is 14.1 Å². The summed E-state index contributed by atoms with van der Waals surface area (Å²) in [5.41, 5.74) is 0. The predicted molar refractivity (Wildman–Crippen MR) is 56.4 cm³/mol. The van der Waals surface area contributed by atoms with Crippen LogP contribution in [0.2, 0.25) is 0 Å². The van der Waals surface area contributed by atoms with Crippen LogP contribution < -0.4 is 0 Å². The monoisotopic (exact) mass is 266 g/mol. The minimum Gasteiger partial charge on any atom is -0.481 e. The van der Waals surface area contributed by atoms with E-state index < -0.39 is 34.0 Å². The van der Waals surface area contributed by atoms with Gasteiger partial charge in [-0.25, -0.2) is 0 Å². The Labute approximate surface area is 98.6 Å². The molecule has 0 aromatic carbocycles. The van der Waals surface area contributed by atoms with E-state index in [1.54, 1.807) is 0 Å². The molecule has 98 valence electrons. The van der Waals surface area contributed by atoms with Gasteiger partial charge in [-0.2, -0.15) is 17.0 Å². The molecule has 0 saturated carbocycles. The van der Waals surface area contributed by atoms with Gasteiger partial charge in [-0.05, 0) is 0 Å². The molecular formula is C8H14N2O6S. The fourth-order valence-corrected chi connectivity index (χ4v) is 2.85. The van der Waals surface area contributed by atoms with Crippen LogP contribution in [0.4, 0.5) is 0 Å². The molecule has 0 radical (unpaired) electrons. The summed E-state index contributed by atoms with van der Waals surface area (Å²) >= 11 is 0. The average molecular weight is 266 g/mol. The van der Waals surface area contributed by atoms with E-state index in [4.69, 9.17) is 10.2 Å². The van der Waals surface area contributed by atoms with Crippen LogP contribution in [0.5, 0.6) is 0 Å². The minimum absolute atomic E-state index is 0.313. The second kappa shape index (κ2) is 4.59. The van der Waals surface area contributed by atoms with Gasteiger partial charge >= 0.3 is 11.9 Å². The molecule has 17 heavy (non-hydrogen) atoms. The van der Waals surface area contributed by atoms with Gasteiger partial charge in [0.15, 0.2) is 0 Å². The Morgan fingerprint density at radius 1 is 1.12 bits per heavy atom. The molecule has 1 aliphatic rings. The highest BCUT2D eigenvalue weighted by Crippen LogP contribution is 2.26. The Bertz CT molecular complexity index is 409. The van der Waals surface area contributed by atoms with E-state index in [2.05, 4.69) is 0 Å². The van der Waals surface area contributed by atoms with Gasteiger partial charge in [-0.1, -0.05) is 0 Å². The average Bonchev–Trinajstić information content (AvgIpc) is 2.61. The maximum atomic E-state index is 11.7. The van der Waals surface area contributed by atoms with E-state index in [1.807, 2.05) is 0 Å². The normalized spacial score (nSPS) is 26.3. The van der Waals surface area contributed by atoms with Crippen LogP contribution in [0.3, 0.4) is 0 Å². The molecule has 1 saturated heterocycles. The summed E-state index contributed by atoms with van der Waals surface area (Å²) in [6.07, 6.45) is 0. The molecular weight excluding hydrogens is 252 g/mol. The maximum absolute atomic E-state index is 11.7. The quantitative estimate of drug-likeness (QED) is 0.640. The highest BCUT2D eigenvalue weighted by Gasteiger charge is 2.46. The second-order valence-corrected chi connectivity index (χ2v) is 6.14. The van der Waals surface area contributed by atoms with Crippen molar-refractivity contribution in [3.05, 3.63) is 0 Å². The Kier molecular flexibility index (Phi) is 3.74. The number of hydrogen-bond acceptors (Lipinski definition) is 4. The zero-order valence-corrected chi connectivity index (χ0v) is 10.2. The molecule has 0 bridgehead atoms. The first kappa shape index (κ1) is 13.9. The first-order valence-electron chi connectivity index (χ1n) is 4.81. The van der Waals surface area contributed by atoms with Crippen molar-refractivity contribution in [3.8, 4) is 0 Å². The zero-order valence-electron chi connectivity index (χ0n) is 9.40. The molecule has 2 atom stereocenters. The van der Waals surface area contributed by atoms with Crippen LogP contribution in [0.1, 0.15) is 0 Å². The third kappa shape index (κ3) is 2.56. The Morgan fingerprint density at radius 2 is 1.47 bits per heavy atom. The standard InChI is InChI=1S/C8H14N2O6S/c1-9(2)17(15,16)10-3-5(7(11)12)6(4-10)8(13)14/h5-6H,3-4H2,1-2H3,(H,11,12)(H,13,14)/t5-,6-/m0/s1. The number of hydrogen-bond donors (Lipinski definition) is 2. The lowest BCUT2D eigenvalue weighted by Crippen LogP contribution is -2.39. The molecule has 0 spiro atoms. The summed E-state index contributed by atoms with van der Waals surface area (Å²) in [7, 11) is -1.16. The van der Waals surface area contributed by atoms with Crippen molar-refractivity contribution in [2.24, 2.45) is 11.8 Å². The molecule has 1 aliphatic heterocycles. The zero-order chi connectivity index (χ0) is 13.4. The van der Waals surface area contributed by atoms with Crippen molar-refractivity contribution in [2.45, 2.75) is 0 Å². The van der Waals surface area contributed by atoms with Crippen molar-refractivity contribution < 1.29 is 28.2 Å². The van der Waals surface area contributed by atoms with Crippen LogP contribution in [0, 0.1) is 11.8 Å². The molecule has 9 heteroatoms. The largest absolute Gasteiger partial charge is 0.481 e. The van der Waals surface area contributed by atoms with Gasteiger partial charge in [0.2, 0.25) is 0 Å². The number of carboxylic acid groups (broad SMARTS) is 2. The summed E-state index contributed by atoms with van der Waals surface area (Å²) in [6.45, 7) is -0.625. The van der Waals surface area contributed by atoms with Crippen molar-refractivity contribution in [1.29, 1.82) is 0 Å². The molecule has 8 nitrogen and oxygen atoms in total. The van der Waals surface area contributed by atoms with E-state index >= 15 is 0 Å². The number of carboxylic acids is 2. The van der Waals surface area contributed by atoms with Crippen LogP contribution in [0.15, 0.2) is 0 Å². The van der Waals surface area contributed by atoms with Crippen LogP contribution in [0.25, 0.3) is 0 Å². The number of nitrogens with zero attached hydrogens (tertiary/aromatic N) is 2. The van der Waals surface area contributed by atoms with Gasteiger partial charge in [0.25, 0.3) is 10.2 Å². The summed E-state index contributed by atoms with van der Waals surface area (Å²) in [5.74, 6) is -5.01. The fraction of sp³-hybridized carbons (Fsp3) is 0.750. The maximum Gasteiger partial charge on any atom is 0.308 e. The minimum atomic E-state index is -3.77. The smallest absolute Gasteiger partial charge is 0.308 e. The van der Waals surface area contributed by atoms with Gasteiger partial charge < -0.3 is 10.2 Å². The van der Waals surface area contributed by atoms with Crippen LogP contribution in [-0.2, 0) is 19.8 Å². The van der Waals surface area contributed by atoms with E-state index in [0.29, 0.717) is 0 Å². The Morgan fingerprint density at radius 3 is 1.71 bits per heavy atom. The summed E-state index contributed by atoms with van der Waals surface area (Å²) in [4.78, 5) is 21.7. The van der Waals surface area contributed by atoms with Crippen LogP contribution in [-0.4, -0.2) is 66.4 Å². The Balaban J connectivity index is 2.98. The van der Waals surface area contributed by atoms with Crippen molar-refractivity contribution in [1.82, 2.24) is 8.61 Å². The topological polar surface area (TPSA) is 115 Å². The molecule has 1 fully saturated rings. The summed E-state index contributed by atoms with van der Waals surface area (Å²) < 4.78 is 25.3. The molecule has 0 aliphatic carbocycles. The lowest BCUT2D eigenvalue weighted by Gasteiger charge is -2.20. The third-order valence-corrected chi connectivity index (χ3v) is 4.58. The fourth-order valence-electron chi connectivity index (χ4n) is 1.69. The number of aliphatic carboxylic acids is 2. The Hall–Kier alpha value is -1.19. The highest BCUT2D eigenvalue weighted by molar-refractivity contribution is 7.86. The lowest BCUT2D eigenvalue weighted by atomic mass is 9.97. The lowest BCUT2D eigenvalue weighted by molar-refractivity contribution is -0.151. The van der Waals surface area contributed by atoms with Gasteiger partial charge in [-0.3, -0.25) is 9.59 Å². The molecule has 0 aromatic rings. The van der Waals surface area contributed by atoms with E-state index in [9.17, 15) is 18.0 Å². The molecule has 0 amide bonds. The first-order chi connectivity index (χ1) is 7.67.